The van der Waals surface area contributed by atoms with E-state index in [0.717, 1.165) is 12.8 Å². The Hall–Kier alpha value is -2.47. The molecular formula is C18H19FN2O3. The zero-order valence-electron chi connectivity index (χ0n) is 13.1. The molecule has 5 nitrogen and oxygen atoms in total. The Balaban J connectivity index is 1.72. The SMILES string of the molecule is O=C(c1ncccc1O)N1CCCC1CC(O)c1ccc(F)cc1. The summed E-state index contributed by atoms with van der Waals surface area (Å²) in [6.07, 6.45) is 2.66. The number of aromatic nitrogens is 1. The molecule has 1 aliphatic rings. The molecule has 6 heteroatoms. The Morgan fingerprint density at radius 1 is 1.33 bits per heavy atom. The second kappa shape index (κ2) is 6.97. The molecule has 1 aromatic carbocycles. The third kappa shape index (κ3) is 3.38. The summed E-state index contributed by atoms with van der Waals surface area (Å²) in [6, 6.07) is 8.56. The molecule has 126 valence electrons. The van der Waals surface area contributed by atoms with Crippen molar-refractivity contribution in [1.29, 1.82) is 0 Å². The van der Waals surface area contributed by atoms with Crippen LogP contribution in [-0.4, -0.2) is 38.6 Å². The van der Waals surface area contributed by atoms with Gasteiger partial charge >= 0.3 is 0 Å². The minimum Gasteiger partial charge on any atom is -0.505 e. The number of hydrogen-bond acceptors (Lipinski definition) is 4. The quantitative estimate of drug-likeness (QED) is 0.904. The lowest BCUT2D eigenvalue weighted by Crippen LogP contribution is -2.37. The van der Waals surface area contributed by atoms with Crippen molar-refractivity contribution >= 4 is 5.91 Å². The van der Waals surface area contributed by atoms with Gasteiger partial charge in [0.05, 0.1) is 6.10 Å². The Bertz CT molecular complexity index is 720. The maximum absolute atomic E-state index is 13.0. The monoisotopic (exact) mass is 330 g/mol. The first kappa shape index (κ1) is 16.4. The largest absolute Gasteiger partial charge is 0.505 e. The molecule has 1 aliphatic heterocycles. The number of amides is 1. The van der Waals surface area contributed by atoms with Gasteiger partial charge in [-0.1, -0.05) is 12.1 Å². The molecule has 24 heavy (non-hydrogen) atoms. The highest BCUT2D eigenvalue weighted by Gasteiger charge is 2.32. The van der Waals surface area contributed by atoms with E-state index in [0.29, 0.717) is 18.5 Å². The number of aliphatic hydroxyl groups is 1. The van der Waals surface area contributed by atoms with Gasteiger partial charge in [-0.05, 0) is 49.1 Å². The molecule has 2 atom stereocenters. The van der Waals surface area contributed by atoms with Crippen molar-refractivity contribution in [2.45, 2.75) is 31.4 Å². The van der Waals surface area contributed by atoms with E-state index < -0.39 is 6.10 Å². The molecule has 0 bridgehead atoms. The van der Waals surface area contributed by atoms with Gasteiger partial charge in [0, 0.05) is 18.8 Å². The average Bonchev–Trinajstić information content (AvgIpc) is 3.03. The molecule has 1 fully saturated rings. The fourth-order valence-corrected chi connectivity index (χ4v) is 3.12. The number of rotatable bonds is 4. The van der Waals surface area contributed by atoms with Crippen LogP contribution < -0.4 is 0 Å². The molecule has 2 unspecified atom stereocenters. The summed E-state index contributed by atoms with van der Waals surface area (Å²) < 4.78 is 13.0. The van der Waals surface area contributed by atoms with Crippen LogP contribution in [0.2, 0.25) is 0 Å². The van der Waals surface area contributed by atoms with Gasteiger partial charge in [0.1, 0.15) is 11.6 Å². The molecule has 0 aliphatic carbocycles. The summed E-state index contributed by atoms with van der Waals surface area (Å²) in [5.41, 5.74) is 0.650. The van der Waals surface area contributed by atoms with Gasteiger partial charge < -0.3 is 15.1 Å². The van der Waals surface area contributed by atoms with Crippen LogP contribution in [0.3, 0.4) is 0 Å². The first-order valence-electron chi connectivity index (χ1n) is 7.94. The normalized spacial score (nSPS) is 18.6. The zero-order valence-corrected chi connectivity index (χ0v) is 13.1. The summed E-state index contributed by atoms with van der Waals surface area (Å²) in [5, 5.41) is 20.2. The Morgan fingerprint density at radius 3 is 2.79 bits per heavy atom. The molecule has 0 radical (unpaired) electrons. The summed E-state index contributed by atoms with van der Waals surface area (Å²) >= 11 is 0. The smallest absolute Gasteiger partial charge is 0.276 e. The second-order valence-corrected chi connectivity index (χ2v) is 5.97. The van der Waals surface area contributed by atoms with Crippen LogP contribution >= 0.6 is 0 Å². The fourth-order valence-electron chi connectivity index (χ4n) is 3.12. The van der Waals surface area contributed by atoms with Gasteiger partial charge in [-0.25, -0.2) is 9.37 Å². The number of aromatic hydroxyl groups is 1. The van der Waals surface area contributed by atoms with Crippen LogP contribution in [0, 0.1) is 5.82 Å². The van der Waals surface area contributed by atoms with Crippen LogP contribution in [0.1, 0.15) is 41.4 Å². The van der Waals surface area contributed by atoms with Gasteiger partial charge in [0.25, 0.3) is 5.91 Å². The van der Waals surface area contributed by atoms with Gasteiger partial charge in [-0.2, -0.15) is 0 Å². The average molecular weight is 330 g/mol. The highest BCUT2D eigenvalue weighted by Crippen LogP contribution is 2.29. The number of pyridine rings is 1. The molecular weight excluding hydrogens is 311 g/mol. The summed E-state index contributed by atoms with van der Waals surface area (Å²) in [5.74, 6) is -0.830. The minimum absolute atomic E-state index is 0.0284. The summed E-state index contributed by atoms with van der Waals surface area (Å²) in [6.45, 7) is 0.565. The molecule has 3 rings (SSSR count). The van der Waals surface area contributed by atoms with E-state index in [1.165, 1.54) is 24.4 Å². The van der Waals surface area contributed by atoms with E-state index >= 15 is 0 Å². The van der Waals surface area contributed by atoms with Crippen molar-refractivity contribution in [3.05, 3.63) is 59.7 Å². The van der Waals surface area contributed by atoms with Crippen molar-refractivity contribution in [3.8, 4) is 5.75 Å². The van der Waals surface area contributed by atoms with Crippen LogP contribution in [0.4, 0.5) is 4.39 Å². The maximum Gasteiger partial charge on any atom is 0.276 e. The molecule has 2 aromatic rings. The predicted molar refractivity (Wildman–Crippen MR) is 85.9 cm³/mol. The number of halogens is 1. The number of nitrogens with zero attached hydrogens (tertiary/aromatic N) is 2. The Morgan fingerprint density at radius 2 is 2.08 bits per heavy atom. The van der Waals surface area contributed by atoms with Gasteiger partial charge in [-0.15, -0.1) is 0 Å². The second-order valence-electron chi connectivity index (χ2n) is 5.97. The molecule has 0 saturated carbocycles. The fraction of sp³-hybridized carbons (Fsp3) is 0.333. The van der Waals surface area contributed by atoms with Crippen molar-refractivity contribution < 1.29 is 19.4 Å². The van der Waals surface area contributed by atoms with E-state index in [2.05, 4.69) is 4.98 Å². The van der Waals surface area contributed by atoms with E-state index in [-0.39, 0.29) is 29.2 Å². The van der Waals surface area contributed by atoms with E-state index in [1.807, 2.05) is 0 Å². The predicted octanol–water partition coefficient (Wildman–Crippen LogP) is 2.65. The topological polar surface area (TPSA) is 73.7 Å². The summed E-state index contributed by atoms with van der Waals surface area (Å²) in [7, 11) is 0. The third-order valence-corrected chi connectivity index (χ3v) is 4.38. The van der Waals surface area contributed by atoms with Gasteiger partial charge in [0.15, 0.2) is 5.69 Å². The number of hydrogen-bond donors (Lipinski definition) is 2. The lowest BCUT2D eigenvalue weighted by Gasteiger charge is -2.26. The Kier molecular flexibility index (Phi) is 4.76. The van der Waals surface area contributed by atoms with Crippen molar-refractivity contribution in [2.24, 2.45) is 0 Å². The van der Waals surface area contributed by atoms with Crippen LogP contribution in [0.5, 0.6) is 5.75 Å². The molecule has 0 spiro atoms. The number of benzene rings is 1. The number of carbonyl (C=O) groups excluding carboxylic acids is 1. The first-order chi connectivity index (χ1) is 11.6. The van der Waals surface area contributed by atoms with Crippen molar-refractivity contribution in [2.75, 3.05) is 6.54 Å². The molecule has 2 N–H and O–H groups in total. The van der Waals surface area contributed by atoms with E-state index in [1.54, 1.807) is 23.1 Å². The van der Waals surface area contributed by atoms with Gasteiger partial charge in [-0.3, -0.25) is 4.79 Å². The highest BCUT2D eigenvalue weighted by molar-refractivity contribution is 5.95. The van der Waals surface area contributed by atoms with E-state index in [9.17, 15) is 19.4 Å². The highest BCUT2D eigenvalue weighted by atomic mass is 19.1. The van der Waals surface area contributed by atoms with Gasteiger partial charge in [0.2, 0.25) is 0 Å². The van der Waals surface area contributed by atoms with Crippen LogP contribution in [0.15, 0.2) is 42.6 Å². The number of aliphatic hydroxyl groups excluding tert-OH is 1. The molecule has 1 amide bonds. The summed E-state index contributed by atoms with van der Waals surface area (Å²) in [4.78, 5) is 18.2. The standard InChI is InChI=1S/C18H19FN2O3/c19-13-7-5-12(6-8-13)16(23)11-14-3-2-10-21(14)18(24)17-15(22)4-1-9-20-17/h1,4-9,14,16,22-23H,2-3,10-11H2. The van der Waals surface area contributed by atoms with Crippen molar-refractivity contribution in [1.82, 2.24) is 9.88 Å². The third-order valence-electron chi connectivity index (χ3n) is 4.38. The lowest BCUT2D eigenvalue weighted by atomic mass is 10.0. The minimum atomic E-state index is -0.777. The van der Waals surface area contributed by atoms with Crippen LogP contribution in [0.25, 0.3) is 0 Å². The zero-order chi connectivity index (χ0) is 17.1. The number of carbonyl (C=O) groups is 1. The number of likely N-dealkylation sites (tertiary alicyclic amines) is 1. The Labute approximate surface area is 139 Å². The molecule has 1 aromatic heterocycles. The van der Waals surface area contributed by atoms with E-state index in [4.69, 9.17) is 0 Å². The van der Waals surface area contributed by atoms with Crippen LogP contribution in [-0.2, 0) is 0 Å². The lowest BCUT2D eigenvalue weighted by molar-refractivity contribution is 0.0658. The molecule has 2 heterocycles. The first-order valence-corrected chi connectivity index (χ1v) is 7.94. The van der Waals surface area contributed by atoms with Crippen molar-refractivity contribution in [3.63, 3.8) is 0 Å². The molecule has 1 saturated heterocycles. The maximum atomic E-state index is 13.0.